The van der Waals surface area contributed by atoms with Crippen LogP contribution in [0.2, 0.25) is 0 Å². The largest absolute Gasteiger partial charge is 0.466 e. The molecule has 3 atom stereocenters. The second-order valence-corrected chi connectivity index (χ2v) is 3.68. The van der Waals surface area contributed by atoms with Crippen LogP contribution in [0.15, 0.2) is 11.6 Å². The molecule has 0 heterocycles. The molecule has 0 amide bonds. The van der Waals surface area contributed by atoms with Gasteiger partial charge in [-0.1, -0.05) is 19.9 Å². The number of esters is 1. The van der Waals surface area contributed by atoms with E-state index >= 15 is 0 Å². The predicted molar refractivity (Wildman–Crippen MR) is 53.8 cm³/mol. The quantitative estimate of drug-likeness (QED) is 0.648. The van der Waals surface area contributed by atoms with E-state index in [0.29, 0.717) is 12.5 Å². The van der Waals surface area contributed by atoms with E-state index in [4.69, 9.17) is 9.47 Å². The Balaban J connectivity index is 2.73. The lowest BCUT2D eigenvalue weighted by Crippen LogP contribution is -2.25. The van der Waals surface area contributed by atoms with E-state index in [1.54, 1.807) is 0 Å². The normalized spacial score (nSPS) is 31.4. The molecule has 0 N–H and O–H groups in total. The fourth-order valence-corrected chi connectivity index (χ4v) is 2.02. The molecule has 0 fully saturated rings. The molecule has 0 aliphatic heterocycles. The van der Waals surface area contributed by atoms with Crippen LogP contribution in [-0.2, 0) is 14.3 Å². The average Bonchev–Trinajstić information content (AvgIpc) is 2.45. The SMILES string of the molecule is CCO[C@@H]1[C@@H](C)C=C(C(=O)OC)[C@@H]1C. The summed E-state index contributed by atoms with van der Waals surface area (Å²) < 4.78 is 10.3. The van der Waals surface area contributed by atoms with Crippen molar-refractivity contribution in [3.8, 4) is 0 Å². The van der Waals surface area contributed by atoms with Crippen LogP contribution in [0.1, 0.15) is 20.8 Å². The van der Waals surface area contributed by atoms with Gasteiger partial charge in [-0.15, -0.1) is 0 Å². The van der Waals surface area contributed by atoms with Crippen LogP contribution in [0.5, 0.6) is 0 Å². The van der Waals surface area contributed by atoms with E-state index < -0.39 is 0 Å². The van der Waals surface area contributed by atoms with Crippen molar-refractivity contribution in [3.63, 3.8) is 0 Å². The maximum Gasteiger partial charge on any atom is 0.333 e. The second-order valence-electron chi connectivity index (χ2n) is 3.68. The molecule has 0 bridgehead atoms. The summed E-state index contributed by atoms with van der Waals surface area (Å²) in [6.07, 6.45) is 2.07. The third-order valence-electron chi connectivity index (χ3n) is 2.72. The molecule has 1 aliphatic rings. The van der Waals surface area contributed by atoms with Crippen molar-refractivity contribution in [2.24, 2.45) is 11.8 Å². The van der Waals surface area contributed by atoms with Crippen molar-refractivity contribution >= 4 is 5.97 Å². The highest BCUT2D eigenvalue weighted by Gasteiger charge is 2.35. The lowest BCUT2D eigenvalue weighted by molar-refractivity contribution is -0.137. The monoisotopic (exact) mass is 198 g/mol. The molecule has 0 saturated carbocycles. The molecular weight excluding hydrogens is 180 g/mol. The van der Waals surface area contributed by atoms with Crippen molar-refractivity contribution in [2.75, 3.05) is 13.7 Å². The van der Waals surface area contributed by atoms with Crippen LogP contribution in [0.4, 0.5) is 0 Å². The first-order valence-corrected chi connectivity index (χ1v) is 5.03. The van der Waals surface area contributed by atoms with Gasteiger partial charge in [0.15, 0.2) is 0 Å². The highest BCUT2D eigenvalue weighted by molar-refractivity contribution is 5.89. The van der Waals surface area contributed by atoms with Gasteiger partial charge in [-0.3, -0.25) is 0 Å². The first kappa shape index (κ1) is 11.2. The minimum atomic E-state index is -0.230. The summed E-state index contributed by atoms with van der Waals surface area (Å²) in [6.45, 7) is 6.72. The summed E-state index contributed by atoms with van der Waals surface area (Å²) in [5.41, 5.74) is 0.749. The molecule has 3 nitrogen and oxygen atoms in total. The zero-order chi connectivity index (χ0) is 10.7. The molecule has 1 rings (SSSR count). The molecule has 0 aromatic rings. The van der Waals surface area contributed by atoms with Crippen LogP contribution in [0.25, 0.3) is 0 Å². The van der Waals surface area contributed by atoms with Gasteiger partial charge in [0.1, 0.15) is 0 Å². The summed E-state index contributed by atoms with van der Waals surface area (Å²) >= 11 is 0. The Hall–Kier alpha value is -0.830. The molecule has 0 saturated heterocycles. The lowest BCUT2D eigenvalue weighted by Gasteiger charge is -2.21. The number of carbonyl (C=O) groups excluding carboxylic acids is 1. The molecule has 0 aromatic heterocycles. The number of hydrogen-bond acceptors (Lipinski definition) is 3. The Bertz CT molecular complexity index is 245. The fraction of sp³-hybridized carbons (Fsp3) is 0.727. The maximum atomic E-state index is 11.4. The van der Waals surface area contributed by atoms with Gasteiger partial charge in [0.25, 0.3) is 0 Å². The van der Waals surface area contributed by atoms with E-state index in [0.717, 1.165) is 5.57 Å². The highest BCUT2D eigenvalue weighted by Crippen LogP contribution is 2.33. The van der Waals surface area contributed by atoms with Gasteiger partial charge in [0.05, 0.1) is 13.2 Å². The van der Waals surface area contributed by atoms with E-state index in [1.165, 1.54) is 7.11 Å². The Morgan fingerprint density at radius 2 is 2.14 bits per heavy atom. The van der Waals surface area contributed by atoms with Crippen LogP contribution in [-0.4, -0.2) is 25.8 Å². The van der Waals surface area contributed by atoms with E-state index in [1.807, 2.05) is 19.9 Å². The standard InChI is InChI=1S/C11H18O3/c1-5-14-10-7(2)6-9(8(10)3)11(12)13-4/h6-8,10H,5H2,1-4H3/t7-,8-,10+/m0/s1. The summed E-state index contributed by atoms with van der Waals surface area (Å²) in [5, 5.41) is 0. The van der Waals surface area contributed by atoms with Gasteiger partial charge >= 0.3 is 5.97 Å². The van der Waals surface area contributed by atoms with Gasteiger partial charge in [0.2, 0.25) is 0 Å². The molecule has 14 heavy (non-hydrogen) atoms. The molecule has 0 spiro atoms. The van der Waals surface area contributed by atoms with E-state index in [-0.39, 0.29) is 18.0 Å². The Morgan fingerprint density at radius 1 is 1.50 bits per heavy atom. The van der Waals surface area contributed by atoms with Crippen molar-refractivity contribution in [1.82, 2.24) is 0 Å². The van der Waals surface area contributed by atoms with Crippen molar-refractivity contribution in [2.45, 2.75) is 26.9 Å². The molecular formula is C11H18O3. The molecule has 0 aromatic carbocycles. The molecule has 0 radical (unpaired) electrons. The van der Waals surface area contributed by atoms with Gasteiger partial charge in [-0.2, -0.15) is 0 Å². The Labute approximate surface area is 85.1 Å². The smallest absolute Gasteiger partial charge is 0.333 e. The summed E-state index contributed by atoms with van der Waals surface area (Å²) in [4.78, 5) is 11.4. The first-order valence-electron chi connectivity index (χ1n) is 5.03. The molecule has 3 heteroatoms. The molecule has 0 unspecified atom stereocenters. The topological polar surface area (TPSA) is 35.5 Å². The number of rotatable bonds is 3. The van der Waals surface area contributed by atoms with Gasteiger partial charge < -0.3 is 9.47 Å². The minimum Gasteiger partial charge on any atom is -0.466 e. The third kappa shape index (κ3) is 1.98. The zero-order valence-electron chi connectivity index (χ0n) is 9.24. The van der Waals surface area contributed by atoms with Gasteiger partial charge in [-0.25, -0.2) is 4.79 Å². The van der Waals surface area contributed by atoms with E-state index in [2.05, 4.69) is 6.92 Å². The summed E-state index contributed by atoms with van der Waals surface area (Å²) in [6, 6.07) is 0. The third-order valence-corrected chi connectivity index (χ3v) is 2.72. The average molecular weight is 198 g/mol. The number of hydrogen-bond donors (Lipinski definition) is 0. The second kappa shape index (κ2) is 4.60. The van der Waals surface area contributed by atoms with Crippen LogP contribution in [0, 0.1) is 11.8 Å². The number of ether oxygens (including phenoxy) is 2. The first-order chi connectivity index (χ1) is 6.61. The number of carbonyl (C=O) groups is 1. The summed E-state index contributed by atoms with van der Waals surface area (Å²) in [7, 11) is 1.41. The zero-order valence-corrected chi connectivity index (χ0v) is 9.24. The van der Waals surface area contributed by atoms with Crippen LogP contribution >= 0.6 is 0 Å². The van der Waals surface area contributed by atoms with E-state index in [9.17, 15) is 4.79 Å². The molecule has 1 aliphatic carbocycles. The summed E-state index contributed by atoms with van der Waals surface area (Å²) in [5.74, 6) is 0.197. The van der Waals surface area contributed by atoms with Crippen molar-refractivity contribution < 1.29 is 14.3 Å². The van der Waals surface area contributed by atoms with Gasteiger partial charge in [0, 0.05) is 24.0 Å². The highest BCUT2D eigenvalue weighted by atomic mass is 16.5. The van der Waals surface area contributed by atoms with Gasteiger partial charge in [-0.05, 0) is 6.92 Å². The Morgan fingerprint density at radius 3 is 2.64 bits per heavy atom. The van der Waals surface area contributed by atoms with Crippen molar-refractivity contribution in [1.29, 1.82) is 0 Å². The van der Waals surface area contributed by atoms with Crippen LogP contribution < -0.4 is 0 Å². The predicted octanol–water partition coefficient (Wildman–Crippen LogP) is 1.78. The number of methoxy groups -OCH3 is 1. The Kier molecular flexibility index (Phi) is 3.69. The van der Waals surface area contributed by atoms with Crippen molar-refractivity contribution in [3.05, 3.63) is 11.6 Å². The van der Waals surface area contributed by atoms with Crippen LogP contribution in [0.3, 0.4) is 0 Å². The fourth-order valence-electron chi connectivity index (χ4n) is 2.02. The lowest BCUT2D eigenvalue weighted by atomic mass is 9.99. The molecule has 80 valence electrons. The maximum absolute atomic E-state index is 11.4. The minimum absolute atomic E-state index is 0.120.